The largest absolute Gasteiger partial charge is 1.00 e. The molecule has 1 amide bonds. The van der Waals surface area contributed by atoms with Gasteiger partial charge in [0.25, 0.3) is 11.7 Å². The molecule has 0 fully saturated rings. The molecule has 270 valence electrons. The molecule has 0 aromatic heterocycles. The van der Waals surface area contributed by atoms with Gasteiger partial charge in [-0.3, -0.25) is 24.0 Å². The second-order valence-corrected chi connectivity index (χ2v) is 13.4. The maximum Gasteiger partial charge on any atom is 1.00 e. The molecular formula is C37H44NNaO12. The van der Waals surface area contributed by atoms with E-state index in [0.29, 0.717) is 0 Å². The molecule has 1 aromatic rings. The third kappa shape index (κ3) is 8.08. The van der Waals surface area contributed by atoms with Crippen LogP contribution in [0.2, 0.25) is 0 Å². The summed E-state index contributed by atoms with van der Waals surface area (Å²) in [6.07, 6.45) is 4.20. The Morgan fingerprint density at radius 3 is 2.22 bits per heavy atom. The van der Waals surface area contributed by atoms with Crippen LogP contribution in [0.1, 0.15) is 85.1 Å². The van der Waals surface area contributed by atoms with Crippen molar-refractivity contribution in [1.82, 2.24) is 5.32 Å². The quantitative estimate of drug-likeness (QED) is 0.274. The van der Waals surface area contributed by atoms with E-state index >= 15 is 0 Å². The first-order valence-corrected chi connectivity index (χ1v) is 16.3. The van der Waals surface area contributed by atoms with Crippen molar-refractivity contribution in [2.45, 2.75) is 85.6 Å². The Bertz CT molecular complexity index is 1730. The van der Waals surface area contributed by atoms with Crippen molar-refractivity contribution < 1.29 is 87.8 Å². The van der Waals surface area contributed by atoms with E-state index in [-0.39, 0.29) is 52.0 Å². The van der Waals surface area contributed by atoms with E-state index in [2.05, 4.69) is 5.32 Å². The van der Waals surface area contributed by atoms with Crippen molar-refractivity contribution in [2.24, 2.45) is 23.7 Å². The van der Waals surface area contributed by atoms with Crippen molar-refractivity contribution in [3.8, 4) is 11.5 Å². The summed E-state index contributed by atoms with van der Waals surface area (Å²) in [5.41, 5.74) is -1.69. The number of hydrogen-bond acceptors (Lipinski definition) is 12. The first-order chi connectivity index (χ1) is 23.4. The summed E-state index contributed by atoms with van der Waals surface area (Å²) in [4.78, 5) is 66.1. The van der Waals surface area contributed by atoms with E-state index in [4.69, 9.17) is 18.9 Å². The number of esters is 1. The number of ketones is 3. The van der Waals surface area contributed by atoms with Crippen LogP contribution in [-0.4, -0.2) is 76.8 Å². The molecule has 0 saturated heterocycles. The smallest absolute Gasteiger partial charge is 0.872 e. The summed E-state index contributed by atoms with van der Waals surface area (Å²) >= 11 is 0. The topological polar surface area (TPSA) is 198 Å². The molecule has 5 rings (SSSR count). The van der Waals surface area contributed by atoms with Crippen LogP contribution in [0.15, 0.2) is 47.9 Å². The molecule has 3 N–H and O–H groups in total. The van der Waals surface area contributed by atoms with Crippen LogP contribution in [0, 0.1) is 30.6 Å². The molecule has 9 unspecified atom stereocenters. The van der Waals surface area contributed by atoms with E-state index in [9.17, 15) is 39.3 Å². The summed E-state index contributed by atoms with van der Waals surface area (Å²) < 4.78 is 23.0. The van der Waals surface area contributed by atoms with E-state index in [0.717, 1.165) is 12.3 Å². The number of Topliss-reactive ketones (excluding diaryl/α,β-unsaturated/α-hetero) is 2. The van der Waals surface area contributed by atoms with Crippen molar-refractivity contribution in [2.75, 3.05) is 7.11 Å². The molecule has 4 aliphatic rings. The van der Waals surface area contributed by atoms with Crippen LogP contribution >= 0.6 is 0 Å². The fraction of sp³-hybridized carbons (Fsp3) is 0.486. The number of ether oxygens (including phenoxy) is 4. The number of carbonyl (C=O) groups excluding carboxylic acids is 5. The number of carbonyl (C=O) groups is 5. The molecule has 1 aromatic carbocycles. The predicted octanol–water partition coefficient (Wildman–Crippen LogP) is 0.00232. The zero-order valence-corrected chi connectivity index (χ0v) is 32.6. The minimum atomic E-state index is -2.06. The Hall–Kier alpha value is -3.59. The first kappa shape index (κ1) is 41.8. The minimum absolute atomic E-state index is 0. The zero-order valence-electron chi connectivity index (χ0n) is 30.6. The predicted molar refractivity (Wildman–Crippen MR) is 177 cm³/mol. The molecule has 9 atom stereocenters. The van der Waals surface area contributed by atoms with Gasteiger partial charge in [-0.2, -0.15) is 0 Å². The Kier molecular flexibility index (Phi) is 13.4. The van der Waals surface area contributed by atoms with Gasteiger partial charge in [0.1, 0.15) is 11.9 Å². The van der Waals surface area contributed by atoms with Crippen molar-refractivity contribution in [3.63, 3.8) is 0 Å². The molecule has 1 aliphatic carbocycles. The van der Waals surface area contributed by atoms with E-state index in [1.54, 1.807) is 33.8 Å². The third-order valence-electron chi connectivity index (χ3n) is 9.78. The maximum absolute atomic E-state index is 13.9. The van der Waals surface area contributed by atoms with E-state index < -0.39 is 106 Å². The second-order valence-electron chi connectivity index (χ2n) is 13.4. The molecule has 0 radical (unpaired) electrons. The number of nitrogens with one attached hydrogen (secondary N) is 1. The van der Waals surface area contributed by atoms with Crippen LogP contribution in [0.25, 0.3) is 0 Å². The van der Waals surface area contributed by atoms with Crippen LogP contribution in [0.5, 0.6) is 11.5 Å². The molecule has 5 bridgehead atoms. The fourth-order valence-corrected chi connectivity index (χ4v) is 6.61. The fourth-order valence-electron chi connectivity index (χ4n) is 6.61. The monoisotopic (exact) mass is 717 g/mol. The van der Waals surface area contributed by atoms with E-state index in [1.165, 1.54) is 53.0 Å². The Morgan fingerprint density at radius 2 is 1.61 bits per heavy atom. The number of benzene rings is 1. The van der Waals surface area contributed by atoms with E-state index in [1.807, 2.05) is 0 Å². The number of aliphatic hydroxyl groups excluding tert-OH is 2. The summed E-state index contributed by atoms with van der Waals surface area (Å²) in [5.74, 6) is -9.51. The number of aliphatic hydroxyl groups is 2. The number of allylic oxidation sites excluding steroid dienone is 4. The minimum Gasteiger partial charge on any atom is -0.872 e. The number of methoxy groups -OCH3 is 1. The number of fused-ring (bicyclic) bond motifs is 14. The van der Waals surface area contributed by atoms with Gasteiger partial charge in [-0.15, -0.1) is 0 Å². The maximum atomic E-state index is 13.9. The van der Waals surface area contributed by atoms with Gasteiger partial charge in [-0.1, -0.05) is 51.7 Å². The average Bonchev–Trinajstić information content (AvgIpc) is 3.33. The molecule has 3 aliphatic heterocycles. The Morgan fingerprint density at radius 1 is 0.961 bits per heavy atom. The van der Waals surface area contributed by atoms with Gasteiger partial charge in [-0.05, 0) is 25.5 Å². The Labute approximate surface area is 319 Å². The van der Waals surface area contributed by atoms with Gasteiger partial charge in [0, 0.05) is 67.4 Å². The van der Waals surface area contributed by atoms with Gasteiger partial charge in [0.05, 0.1) is 35.8 Å². The standard InChI is InChI=1S/C37H45NO12.Na/c1-16-11-10-12-17(2)36(46)38-23-15-24(40)26-27(32(23)44)31(43)21(6)34-28(26)35(45)37(8,50-34)48-14-13-25(47-9)18(3)33(49-22(7)39)20(5)30(42)19(4)29(16)41;/h10-16,18-20,25,29-30,33,41-43H,1-9H3,(H,38,46);/q;+1/p-1. The van der Waals surface area contributed by atoms with Gasteiger partial charge >= 0.3 is 41.3 Å². The van der Waals surface area contributed by atoms with Crippen molar-refractivity contribution >= 4 is 29.2 Å². The normalized spacial score (nSPS) is 31.5. The molecule has 51 heavy (non-hydrogen) atoms. The molecule has 0 spiro atoms. The third-order valence-corrected chi connectivity index (χ3v) is 9.78. The van der Waals surface area contributed by atoms with Gasteiger partial charge in [0.2, 0.25) is 5.78 Å². The number of rotatable bonds is 2. The van der Waals surface area contributed by atoms with Gasteiger partial charge in [-0.25, -0.2) is 0 Å². The average molecular weight is 718 g/mol. The molecule has 13 nitrogen and oxygen atoms in total. The molecule has 3 heterocycles. The van der Waals surface area contributed by atoms with Crippen LogP contribution in [0.4, 0.5) is 0 Å². The molecule has 0 saturated carbocycles. The Balaban J connectivity index is 0.00000702. The number of hydrogen-bond donors (Lipinski definition) is 3. The first-order valence-electron chi connectivity index (χ1n) is 16.3. The molecular weight excluding hydrogens is 673 g/mol. The number of amides is 1. The summed E-state index contributed by atoms with van der Waals surface area (Å²) in [6.45, 7) is 12.2. The van der Waals surface area contributed by atoms with Gasteiger partial charge < -0.3 is 39.6 Å². The summed E-state index contributed by atoms with van der Waals surface area (Å²) in [6, 6.07) is 0. The SMILES string of the molecule is COC1C=COC2(C)Oc3c(C)c([O-])c4c(c3C2=O)C(=O)C=C(NC(=O)C(C)=CC=CC(C)C(O)C(C)C(O)C(C)C(OC(C)=O)C1C)C4=O.[Na+]. The molecule has 14 heteroatoms. The zero-order chi connectivity index (χ0) is 37.4. The van der Waals surface area contributed by atoms with Crippen molar-refractivity contribution in [1.29, 1.82) is 0 Å². The summed E-state index contributed by atoms with van der Waals surface area (Å²) in [5, 5.41) is 38.4. The van der Waals surface area contributed by atoms with Crippen LogP contribution < -0.4 is 44.7 Å². The van der Waals surface area contributed by atoms with Crippen molar-refractivity contribution in [3.05, 3.63) is 70.2 Å². The summed E-state index contributed by atoms with van der Waals surface area (Å²) in [7, 11) is 1.41. The van der Waals surface area contributed by atoms with Crippen LogP contribution in [0.3, 0.4) is 0 Å². The van der Waals surface area contributed by atoms with Crippen LogP contribution in [-0.2, 0) is 23.8 Å². The van der Waals surface area contributed by atoms with Gasteiger partial charge in [0.15, 0.2) is 5.78 Å². The second kappa shape index (κ2) is 16.4.